The zero-order valence-electron chi connectivity index (χ0n) is 16.3. The molecule has 0 spiro atoms. The van der Waals surface area contributed by atoms with E-state index in [1.54, 1.807) is 36.4 Å². The van der Waals surface area contributed by atoms with Crippen LogP contribution in [-0.2, 0) is 20.7 Å². The summed E-state index contributed by atoms with van der Waals surface area (Å²) < 4.78 is 6.25. The van der Waals surface area contributed by atoms with Gasteiger partial charge in [-0.15, -0.1) is 0 Å². The number of ether oxygens (including phenoxy) is 1. The summed E-state index contributed by atoms with van der Waals surface area (Å²) in [5.41, 5.74) is 1.16. The van der Waals surface area contributed by atoms with Gasteiger partial charge in [0.15, 0.2) is 5.78 Å². The number of amides is 2. The minimum absolute atomic E-state index is 0.0149. The number of carbonyl (C=O) groups excluding carboxylic acids is 3. The highest BCUT2D eigenvalue weighted by Gasteiger charge is 2.48. The lowest BCUT2D eigenvalue weighted by molar-refractivity contribution is -0.138. The smallest absolute Gasteiger partial charge is 0.251 e. The molecule has 0 saturated carbocycles. The molecule has 162 valence electrons. The Kier molecular flexibility index (Phi) is 6.67. The maximum atomic E-state index is 13.5. The molecule has 2 fully saturated rings. The van der Waals surface area contributed by atoms with Gasteiger partial charge in [0.2, 0.25) is 5.91 Å². The van der Waals surface area contributed by atoms with Crippen LogP contribution in [0, 0.1) is 0 Å². The van der Waals surface area contributed by atoms with Crippen LogP contribution < -0.4 is 5.32 Å². The standard InChI is InChI=1S/C22H19BrCl2N2O4/c23-14-3-1-2-13(10-14)21(29)26-17(9-12-4-5-15(24)16(25)8-12)22(30)27-7-6-19-20(27)18(28)11-31-19/h1-5,8,10,17,19-20H,6-7,9,11H2,(H,26,29). The van der Waals surface area contributed by atoms with E-state index >= 15 is 0 Å². The monoisotopic (exact) mass is 524 g/mol. The average molecular weight is 526 g/mol. The fraction of sp³-hybridized carbons (Fsp3) is 0.318. The molecule has 2 aliphatic rings. The van der Waals surface area contributed by atoms with Crippen molar-refractivity contribution in [1.82, 2.24) is 10.2 Å². The van der Waals surface area contributed by atoms with Crippen LogP contribution in [0.15, 0.2) is 46.9 Å². The lowest BCUT2D eigenvalue weighted by atomic mass is 10.0. The average Bonchev–Trinajstić information content (AvgIpc) is 3.33. The second-order valence-corrected chi connectivity index (χ2v) is 9.30. The number of benzene rings is 2. The number of rotatable bonds is 5. The van der Waals surface area contributed by atoms with Crippen LogP contribution in [0.3, 0.4) is 0 Å². The molecule has 2 aliphatic heterocycles. The maximum Gasteiger partial charge on any atom is 0.251 e. The van der Waals surface area contributed by atoms with Gasteiger partial charge >= 0.3 is 0 Å². The zero-order valence-corrected chi connectivity index (χ0v) is 19.4. The fourth-order valence-corrected chi connectivity index (χ4v) is 4.74. The summed E-state index contributed by atoms with van der Waals surface area (Å²) in [4.78, 5) is 40.1. The molecule has 4 rings (SSSR count). The molecule has 0 radical (unpaired) electrons. The highest BCUT2D eigenvalue weighted by Crippen LogP contribution is 2.28. The molecule has 2 heterocycles. The van der Waals surface area contributed by atoms with E-state index in [1.807, 2.05) is 6.07 Å². The van der Waals surface area contributed by atoms with Gasteiger partial charge in [0, 0.05) is 23.0 Å². The summed E-state index contributed by atoms with van der Waals surface area (Å²) in [7, 11) is 0. The van der Waals surface area contributed by atoms with Gasteiger partial charge in [-0.25, -0.2) is 0 Å². The number of fused-ring (bicyclic) bond motifs is 1. The molecule has 0 aromatic heterocycles. The molecule has 6 nitrogen and oxygen atoms in total. The Bertz CT molecular complexity index is 1050. The van der Waals surface area contributed by atoms with Crippen molar-refractivity contribution in [3.8, 4) is 0 Å². The molecule has 0 bridgehead atoms. The summed E-state index contributed by atoms with van der Waals surface area (Å²) >= 11 is 15.5. The van der Waals surface area contributed by atoms with Crippen molar-refractivity contribution in [3.05, 3.63) is 68.1 Å². The largest absolute Gasteiger partial charge is 0.368 e. The Morgan fingerprint density at radius 2 is 2.00 bits per heavy atom. The Morgan fingerprint density at radius 3 is 2.74 bits per heavy atom. The summed E-state index contributed by atoms with van der Waals surface area (Å²) in [5, 5.41) is 3.61. The van der Waals surface area contributed by atoms with Gasteiger partial charge in [0.25, 0.3) is 5.91 Å². The molecule has 1 N–H and O–H groups in total. The quantitative estimate of drug-likeness (QED) is 0.646. The van der Waals surface area contributed by atoms with E-state index in [9.17, 15) is 14.4 Å². The number of hydrogen-bond acceptors (Lipinski definition) is 4. The fourth-order valence-electron chi connectivity index (χ4n) is 4.02. The first-order chi connectivity index (χ1) is 14.8. The molecule has 31 heavy (non-hydrogen) atoms. The van der Waals surface area contributed by atoms with Gasteiger partial charge in [-0.3, -0.25) is 14.4 Å². The van der Waals surface area contributed by atoms with Crippen molar-refractivity contribution in [1.29, 1.82) is 0 Å². The normalized spacial score (nSPS) is 21.1. The second-order valence-electron chi connectivity index (χ2n) is 7.57. The summed E-state index contributed by atoms with van der Waals surface area (Å²) in [5.74, 6) is -0.812. The van der Waals surface area contributed by atoms with Gasteiger partial charge in [-0.05, 0) is 42.3 Å². The van der Waals surface area contributed by atoms with Crippen molar-refractivity contribution in [3.63, 3.8) is 0 Å². The number of carbonyl (C=O) groups is 3. The molecule has 2 saturated heterocycles. The first-order valence-corrected chi connectivity index (χ1v) is 11.3. The molecule has 2 amide bonds. The van der Waals surface area contributed by atoms with Crippen molar-refractivity contribution >= 4 is 56.7 Å². The first kappa shape index (κ1) is 22.3. The Labute approximate surface area is 198 Å². The van der Waals surface area contributed by atoms with E-state index in [0.29, 0.717) is 28.6 Å². The number of Topliss-reactive ketones (excluding diaryl/α,β-unsaturated/α-hetero) is 1. The lowest BCUT2D eigenvalue weighted by Crippen LogP contribution is -2.53. The minimum atomic E-state index is -0.879. The van der Waals surface area contributed by atoms with Crippen molar-refractivity contribution in [2.75, 3.05) is 13.2 Å². The van der Waals surface area contributed by atoms with E-state index in [2.05, 4.69) is 21.2 Å². The van der Waals surface area contributed by atoms with Gasteiger partial charge in [-0.2, -0.15) is 0 Å². The Morgan fingerprint density at radius 1 is 1.19 bits per heavy atom. The van der Waals surface area contributed by atoms with Crippen LogP contribution in [0.4, 0.5) is 0 Å². The van der Waals surface area contributed by atoms with Gasteiger partial charge in [0.1, 0.15) is 18.7 Å². The Hall–Kier alpha value is -1.93. The molecule has 2 aromatic carbocycles. The van der Waals surface area contributed by atoms with Crippen molar-refractivity contribution in [2.24, 2.45) is 0 Å². The molecule has 2 aromatic rings. The second kappa shape index (κ2) is 9.28. The number of ketones is 1. The summed E-state index contributed by atoms with van der Waals surface area (Å²) in [6, 6.07) is 10.5. The van der Waals surface area contributed by atoms with Crippen molar-refractivity contribution < 1.29 is 19.1 Å². The number of halogens is 3. The number of likely N-dealkylation sites (tertiary alicyclic amines) is 1. The first-order valence-electron chi connectivity index (χ1n) is 9.78. The van der Waals surface area contributed by atoms with Crippen LogP contribution in [0.5, 0.6) is 0 Å². The highest BCUT2D eigenvalue weighted by molar-refractivity contribution is 9.10. The molecular formula is C22H19BrCl2N2O4. The molecule has 0 aliphatic carbocycles. The zero-order chi connectivity index (χ0) is 22.1. The Balaban J connectivity index is 1.60. The minimum Gasteiger partial charge on any atom is -0.368 e. The number of nitrogens with zero attached hydrogens (tertiary/aromatic N) is 1. The lowest BCUT2D eigenvalue weighted by Gasteiger charge is -2.27. The van der Waals surface area contributed by atoms with E-state index in [-0.39, 0.29) is 36.7 Å². The summed E-state index contributed by atoms with van der Waals surface area (Å²) in [6.07, 6.45) is 0.530. The number of nitrogens with one attached hydrogen (secondary N) is 1. The van der Waals surface area contributed by atoms with E-state index in [1.165, 1.54) is 4.90 Å². The molecular weight excluding hydrogens is 507 g/mol. The topological polar surface area (TPSA) is 75.7 Å². The number of hydrogen-bond donors (Lipinski definition) is 1. The third kappa shape index (κ3) is 4.80. The van der Waals surface area contributed by atoms with E-state index in [0.717, 1.165) is 10.0 Å². The predicted octanol–water partition coefficient (Wildman–Crippen LogP) is 3.67. The predicted molar refractivity (Wildman–Crippen MR) is 120 cm³/mol. The van der Waals surface area contributed by atoms with Gasteiger partial charge in [-0.1, -0.05) is 51.3 Å². The van der Waals surface area contributed by atoms with E-state index in [4.69, 9.17) is 27.9 Å². The van der Waals surface area contributed by atoms with Crippen LogP contribution in [0.25, 0.3) is 0 Å². The van der Waals surface area contributed by atoms with Crippen LogP contribution in [0.1, 0.15) is 22.3 Å². The summed E-state index contributed by atoms with van der Waals surface area (Å²) in [6.45, 7) is 0.422. The van der Waals surface area contributed by atoms with Crippen LogP contribution >= 0.6 is 39.1 Å². The molecule has 3 unspecified atom stereocenters. The third-order valence-corrected chi connectivity index (χ3v) is 6.74. The van der Waals surface area contributed by atoms with Crippen LogP contribution in [-0.4, -0.2) is 53.8 Å². The molecule has 3 atom stereocenters. The SMILES string of the molecule is O=C(NC(Cc1ccc(Cl)c(Cl)c1)C(=O)N1CCC2OCC(=O)C21)c1cccc(Br)c1. The third-order valence-electron chi connectivity index (χ3n) is 5.51. The molecule has 9 heteroatoms. The van der Waals surface area contributed by atoms with Crippen LogP contribution in [0.2, 0.25) is 10.0 Å². The van der Waals surface area contributed by atoms with Crippen molar-refractivity contribution in [2.45, 2.75) is 31.0 Å². The highest BCUT2D eigenvalue weighted by atomic mass is 79.9. The van der Waals surface area contributed by atoms with E-state index < -0.39 is 12.1 Å². The maximum absolute atomic E-state index is 13.5. The van der Waals surface area contributed by atoms with Gasteiger partial charge in [0.05, 0.1) is 16.1 Å². The van der Waals surface area contributed by atoms with Gasteiger partial charge < -0.3 is 15.0 Å².